The van der Waals surface area contributed by atoms with Gasteiger partial charge < -0.3 is 15.6 Å². The number of rotatable bonds is 3. The summed E-state index contributed by atoms with van der Waals surface area (Å²) in [5, 5.41) is 9.73. The van der Waals surface area contributed by atoms with Crippen molar-refractivity contribution in [3.63, 3.8) is 0 Å². The third-order valence-corrected chi connectivity index (χ3v) is 2.80. The molecule has 0 aliphatic heterocycles. The van der Waals surface area contributed by atoms with E-state index in [1.54, 1.807) is 13.0 Å². The van der Waals surface area contributed by atoms with Gasteiger partial charge in [-0.3, -0.25) is 0 Å². The number of nitrogens with two attached hydrogens (primary N) is 1. The monoisotopic (exact) mass is 277 g/mol. The number of methoxy groups -OCH3 is 1. The van der Waals surface area contributed by atoms with E-state index in [1.807, 2.05) is 0 Å². The van der Waals surface area contributed by atoms with Gasteiger partial charge in [0.15, 0.2) is 11.6 Å². The topological polar surface area (TPSA) is 55.5 Å². The molecular weight excluding hydrogens is 265 g/mol. The molecule has 0 bridgehead atoms. The van der Waals surface area contributed by atoms with Crippen LogP contribution in [0, 0.1) is 5.82 Å². The van der Waals surface area contributed by atoms with Gasteiger partial charge in [0.05, 0.1) is 13.2 Å². The molecule has 0 aliphatic rings. The highest BCUT2D eigenvalue weighted by molar-refractivity contribution is 9.10. The van der Waals surface area contributed by atoms with Crippen molar-refractivity contribution in [1.29, 1.82) is 0 Å². The van der Waals surface area contributed by atoms with Crippen molar-refractivity contribution in [3.8, 4) is 5.75 Å². The highest BCUT2D eigenvalue weighted by Gasteiger charge is 2.22. The third-order valence-electron chi connectivity index (χ3n) is 2.10. The van der Waals surface area contributed by atoms with Crippen molar-refractivity contribution in [2.75, 3.05) is 7.11 Å². The first kappa shape index (κ1) is 12.4. The molecule has 3 nitrogen and oxygen atoms in total. The predicted molar refractivity (Wildman–Crippen MR) is 59.3 cm³/mol. The van der Waals surface area contributed by atoms with Gasteiger partial charge in [-0.25, -0.2) is 4.39 Å². The SMILES string of the molecule is COc1ccc(Br)c(C(O)C(C)N)c1F. The van der Waals surface area contributed by atoms with Gasteiger partial charge in [-0.05, 0) is 19.1 Å². The van der Waals surface area contributed by atoms with Crippen molar-refractivity contribution >= 4 is 15.9 Å². The number of ether oxygens (including phenoxy) is 1. The van der Waals surface area contributed by atoms with Crippen LogP contribution >= 0.6 is 15.9 Å². The Morgan fingerprint density at radius 3 is 2.60 bits per heavy atom. The summed E-state index contributed by atoms with van der Waals surface area (Å²) in [5.41, 5.74) is 5.65. The van der Waals surface area contributed by atoms with Gasteiger partial charge in [0.2, 0.25) is 0 Å². The number of aliphatic hydroxyl groups excluding tert-OH is 1. The lowest BCUT2D eigenvalue weighted by Crippen LogP contribution is -2.25. The minimum Gasteiger partial charge on any atom is -0.494 e. The largest absolute Gasteiger partial charge is 0.494 e. The minimum atomic E-state index is -1.06. The lowest BCUT2D eigenvalue weighted by atomic mass is 10.0. The minimum absolute atomic E-state index is 0.0906. The van der Waals surface area contributed by atoms with Crippen LogP contribution in [0.5, 0.6) is 5.75 Å². The Kier molecular flexibility index (Phi) is 4.07. The molecule has 2 unspecified atom stereocenters. The van der Waals surface area contributed by atoms with Crippen LogP contribution in [0.25, 0.3) is 0 Å². The van der Waals surface area contributed by atoms with Crippen molar-refractivity contribution < 1.29 is 14.2 Å². The van der Waals surface area contributed by atoms with Gasteiger partial charge >= 0.3 is 0 Å². The fourth-order valence-corrected chi connectivity index (χ4v) is 1.78. The molecule has 15 heavy (non-hydrogen) atoms. The zero-order chi connectivity index (χ0) is 11.6. The molecule has 3 N–H and O–H groups in total. The van der Waals surface area contributed by atoms with Crippen molar-refractivity contribution in [1.82, 2.24) is 0 Å². The molecule has 0 fully saturated rings. The lowest BCUT2D eigenvalue weighted by molar-refractivity contribution is 0.147. The van der Waals surface area contributed by atoms with Crippen LogP contribution in [0.2, 0.25) is 0 Å². The third kappa shape index (κ3) is 2.48. The Morgan fingerprint density at radius 2 is 2.13 bits per heavy atom. The summed E-state index contributed by atoms with van der Waals surface area (Å²) in [6.45, 7) is 1.61. The van der Waals surface area contributed by atoms with Crippen LogP contribution in [0.3, 0.4) is 0 Å². The Morgan fingerprint density at radius 1 is 1.53 bits per heavy atom. The molecule has 5 heteroatoms. The van der Waals surface area contributed by atoms with Gasteiger partial charge in [0.25, 0.3) is 0 Å². The van der Waals surface area contributed by atoms with E-state index in [9.17, 15) is 9.50 Å². The zero-order valence-corrected chi connectivity index (χ0v) is 10.1. The summed E-state index contributed by atoms with van der Waals surface area (Å²) in [4.78, 5) is 0. The van der Waals surface area contributed by atoms with Crippen molar-refractivity contribution in [2.24, 2.45) is 5.73 Å². The van der Waals surface area contributed by atoms with Gasteiger partial charge in [0, 0.05) is 16.1 Å². The second kappa shape index (κ2) is 4.92. The van der Waals surface area contributed by atoms with E-state index < -0.39 is 18.0 Å². The van der Waals surface area contributed by atoms with Crippen molar-refractivity contribution in [2.45, 2.75) is 19.1 Å². The predicted octanol–water partition coefficient (Wildman–Crippen LogP) is 1.98. The second-order valence-electron chi connectivity index (χ2n) is 3.28. The second-order valence-corrected chi connectivity index (χ2v) is 4.14. The molecule has 0 aliphatic carbocycles. The summed E-state index contributed by atoms with van der Waals surface area (Å²) in [6, 6.07) is 2.54. The average molecular weight is 278 g/mol. The maximum absolute atomic E-state index is 13.8. The normalized spacial score (nSPS) is 14.8. The number of hydrogen-bond acceptors (Lipinski definition) is 3. The summed E-state index contributed by atoms with van der Waals surface area (Å²) in [5.74, 6) is -0.496. The van der Waals surface area contributed by atoms with E-state index in [0.717, 1.165) is 0 Å². The maximum atomic E-state index is 13.8. The Bertz CT molecular complexity index is 358. The highest BCUT2D eigenvalue weighted by atomic mass is 79.9. The number of halogens is 2. The highest BCUT2D eigenvalue weighted by Crippen LogP contribution is 2.32. The fraction of sp³-hybridized carbons (Fsp3) is 0.400. The van der Waals surface area contributed by atoms with E-state index >= 15 is 0 Å². The Balaban J connectivity index is 3.26. The van der Waals surface area contributed by atoms with E-state index in [0.29, 0.717) is 4.47 Å². The molecule has 1 rings (SSSR count). The van der Waals surface area contributed by atoms with Gasteiger partial charge in [-0.1, -0.05) is 15.9 Å². The van der Waals surface area contributed by atoms with Crippen LogP contribution < -0.4 is 10.5 Å². The molecule has 0 saturated heterocycles. The van der Waals surface area contributed by atoms with Gasteiger partial charge in [-0.2, -0.15) is 0 Å². The molecule has 0 amide bonds. The first-order valence-corrected chi connectivity index (χ1v) is 5.23. The summed E-state index contributed by atoms with van der Waals surface area (Å²) in [7, 11) is 1.37. The first-order valence-electron chi connectivity index (χ1n) is 4.44. The summed E-state index contributed by atoms with van der Waals surface area (Å²) in [6.07, 6.45) is -1.06. The smallest absolute Gasteiger partial charge is 0.172 e. The average Bonchev–Trinajstić information content (AvgIpc) is 2.17. The summed E-state index contributed by atoms with van der Waals surface area (Å²) >= 11 is 3.17. The molecule has 0 aromatic heterocycles. The van der Waals surface area contributed by atoms with E-state index in [-0.39, 0.29) is 11.3 Å². The molecule has 1 aromatic rings. The number of aliphatic hydroxyl groups is 1. The molecule has 0 saturated carbocycles. The van der Waals surface area contributed by atoms with E-state index in [4.69, 9.17) is 10.5 Å². The summed E-state index contributed by atoms with van der Waals surface area (Å²) < 4.78 is 19.1. The molecule has 0 spiro atoms. The van der Waals surface area contributed by atoms with Crippen LogP contribution in [0.15, 0.2) is 16.6 Å². The number of benzene rings is 1. The van der Waals surface area contributed by atoms with E-state index in [2.05, 4.69) is 15.9 Å². The number of hydrogen-bond donors (Lipinski definition) is 2. The lowest BCUT2D eigenvalue weighted by Gasteiger charge is -2.18. The van der Waals surface area contributed by atoms with Crippen LogP contribution in [0.4, 0.5) is 4.39 Å². The molecule has 0 heterocycles. The van der Waals surface area contributed by atoms with Crippen molar-refractivity contribution in [3.05, 3.63) is 28.0 Å². The zero-order valence-electron chi connectivity index (χ0n) is 8.50. The molecule has 2 atom stereocenters. The van der Waals surface area contributed by atoms with Crippen LogP contribution in [-0.4, -0.2) is 18.3 Å². The Labute approximate surface area is 96.2 Å². The van der Waals surface area contributed by atoms with Crippen LogP contribution in [0.1, 0.15) is 18.6 Å². The first-order chi connectivity index (χ1) is 6.99. The van der Waals surface area contributed by atoms with Gasteiger partial charge in [-0.15, -0.1) is 0 Å². The molecule has 0 radical (unpaired) electrons. The van der Waals surface area contributed by atoms with Gasteiger partial charge in [0.1, 0.15) is 0 Å². The van der Waals surface area contributed by atoms with Crippen LogP contribution in [-0.2, 0) is 0 Å². The van der Waals surface area contributed by atoms with E-state index in [1.165, 1.54) is 13.2 Å². The molecule has 84 valence electrons. The molecule has 1 aromatic carbocycles. The fourth-order valence-electron chi connectivity index (χ4n) is 1.24. The quantitative estimate of drug-likeness (QED) is 0.888. The standard InChI is InChI=1S/C10H13BrFNO2/c1-5(13)10(14)8-6(11)3-4-7(15-2)9(8)12/h3-5,10,14H,13H2,1-2H3. The maximum Gasteiger partial charge on any atom is 0.172 e. The Hall–Kier alpha value is -0.650. The molecular formula is C10H13BrFNO2.